The number of para-hydroxylation sites is 1. The Balaban J connectivity index is 2.11. The number of hydrogen-bond donors (Lipinski definition) is 0. The maximum absolute atomic E-state index is 2.49. The lowest BCUT2D eigenvalue weighted by Gasteiger charge is -2.10. The van der Waals surface area contributed by atoms with Crippen molar-refractivity contribution in [1.82, 2.24) is 0 Å². The summed E-state index contributed by atoms with van der Waals surface area (Å²) in [4.78, 5) is 3.94. The van der Waals surface area contributed by atoms with Crippen molar-refractivity contribution in [2.45, 2.75) is 29.7 Å². The van der Waals surface area contributed by atoms with Gasteiger partial charge in [0.25, 0.3) is 0 Å². The molecule has 0 amide bonds. The third kappa shape index (κ3) is 0.626. The zero-order valence-corrected chi connectivity index (χ0v) is 8.06. The molecule has 1 saturated heterocycles. The molecule has 2 aliphatic heterocycles. The number of rotatable bonds is 0. The quantitative estimate of drug-likeness (QED) is 0.560. The van der Waals surface area contributed by atoms with Gasteiger partial charge in [0.1, 0.15) is 5.37 Å². The van der Waals surface area contributed by atoms with Crippen LogP contribution in [0.2, 0.25) is 0 Å². The van der Waals surface area contributed by atoms with E-state index in [0.717, 1.165) is 0 Å². The smallest absolute Gasteiger partial charge is 0.103 e. The van der Waals surface area contributed by atoms with Crippen molar-refractivity contribution in [3.63, 3.8) is 0 Å². The number of nitrogens with zero attached hydrogens (tertiary/aromatic N) is 1. The van der Waals surface area contributed by atoms with Crippen LogP contribution in [0.15, 0.2) is 29.2 Å². The van der Waals surface area contributed by atoms with E-state index in [-0.39, 0.29) is 0 Å². The second-order valence-electron chi connectivity index (χ2n) is 3.96. The summed E-state index contributed by atoms with van der Waals surface area (Å²) in [7, 11) is 0. The zero-order chi connectivity index (χ0) is 8.34. The van der Waals surface area contributed by atoms with Crippen molar-refractivity contribution in [1.29, 1.82) is 0 Å². The highest BCUT2D eigenvalue weighted by Crippen LogP contribution is 2.61. The van der Waals surface area contributed by atoms with E-state index in [2.05, 4.69) is 43.0 Å². The van der Waals surface area contributed by atoms with E-state index in [1.807, 2.05) is 11.8 Å². The maximum Gasteiger partial charge on any atom is 0.103 e. The Bertz CT molecular complexity index is 345. The van der Waals surface area contributed by atoms with Gasteiger partial charge in [0.05, 0.1) is 11.2 Å². The molecule has 1 aromatic carbocycles. The maximum atomic E-state index is 2.49. The van der Waals surface area contributed by atoms with Gasteiger partial charge in [0, 0.05) is 4.90 Å². The van der Waals surface area contributed by atoms with Gasteiger partial charge in [-0.05, 0) is 26.0 Å². The highest BCUT2D eigenvalue weighted by Gasteiger charge is 2.60. The minimum atomic E-state index is 0.402. The monoisotopic (exact) mass is 177 g/mol. The van der Waals surface area contributed by atoms with Crippen LogP contribution in [-0.4, -0.2) is 10.9 Å². The lowest BCUT2D eigenvalue weighted by atomic mass is 10.2. The summed E-state index contributed by atoms with van der Waals surface area (Å²) < 4.78 is 0. The van der Waals surface area contributed by atoms with Crippen LogP contribution in [0.1, 0.15) is 13.8 Å². The van der Waals surface area contributed by atoms with Crippen LogP contribution >= 0.6 is 11.8 Å². The molecule has 2 aliphatic rings. The third-order valence-corrected chi connectivity index (χ3v) is 4.37. The molecule has 0 saturated carbocycles. The fourth-order valence-electron chi connectivity index (χ4n) is 1.96. The van der Waals surface area contributed by atoms with Crippen LogP contribution in [0, 0.1) is 0 Å². The molecular formula is C10H11NS. The molecule has 1 atom stereocenters. The van der Waals surface area contributed by atoms with Gasteiger partial charge in [-0.25, -0.2) is 0 Å². The molecule has 1 unspecified atom stereocenters. The molecule has 0 spiro atoms. The molecule has 0 aliphatic carbocycles. The Kier molecular flexibility index (Phi) is 1.04. The number of fused-ring (bicyclic) bond motifs is 3. The number of anilines is 1. The van der Waals surface area contributed by atoms with E-state index >= 15 is 0 Å². The molecule has 1 aromatic rings. The molecular weight excluding hydrogens is 166 g/mol. The molecule has 12 heavy (non-hydrogen) atoms. The summed E-state index contributed by atoms with van der Waals surface area (Å²) in [5.74, 6) is 0. The first-order valence-electron chi connectivity index (χ1n) is 4.26. The highest BCUT2D eigenvalue weighted by atomic mass is 32.2. The normalized spacial score (nSPS) is 28.2. The Labute approximate surface area is 76.8 Å². The molecule has 1 fully saturated rings. The van der Waals surface area contributed by atoms with Crippen LogP contribution in [0.5, 0.6) is 0 Å². The fraction of sp³-hybridized carbons (Fsp3) is 0.400. The van der Waals surface area contributed by atoms with E-state index in [1.165, 1.54) is 10.6 Å². The molecule has 2 heteroatoms. The number of thioether (sulfide) groups is 1. The van der Waals surface area contributed by atoms with Gasteiger partial charge in [-0.1, -0.05) is 23.9 Å². The SMILES string of the molecule is CC1(C)C2Sc3ccccc3N21. The first-order chi connectivity index (χ1) is 5.71. The van der Waals surface area contributed by atoms with E-state index in [0.29, 0.717) is 10.9 Å². The van der Waals surface area contributed by atoms with Gasteiger partial charge < -0.3 is 4.90 Å². The standard InChI is InChI=1S/C10H11NS/c1-10(2)9-11(10)7-5-3-4-6-8(7)12-9/h3-6,9H,1-2H3. The first-order valence-corrected chi connectivity index (χ1v) is 5.14. The average Bonchev–Trinajstić information content (AvgIpc) is 2.46. The molecule has 2 heterocycles. The lowest BCUT2D eigenvalue weighted by molar-refractivity contribution is 0.802. The topological polar surface area (TPSA) is 3.01 Å². The minimum absolute atomic E-state index is 0.402. The summed E-state index contributed by atoms with van der Waals surface area (Å²) in [6.45, 7) is 4.61. The zero-order valence-electron chi connectivity index (χ0n) is 7.24. The molecule has 0 radical (unpaired) electrons. The van der Waals surface area contributed by atoms with Crippen molar-refractivity contribution in [2.24, 2.45) is 0 Å². The van der Waals surface area contributed by atoms with Gasteiger partial charge in [-0.15, -0.1) is 0 Å². The van der Waals surface area contributed by atoms with Crippen LogP contribution in [0.4, 0.5) is 5.69 Å². The predicted molar refractivity (Wildman–Crippen MR) is 52.6 cm³/mol. The van der Waals surface area contributed by atoms with Crippen LogP contribution in [0.3, 0.4) is 0 Å². The van der Waals surface area contributed by atoms with Crippen LogP contribution < -0.4 is 4.90 Å². The third-order valence-electron chi connectivity index (χ3n) is 2.76. The van der Waals surface area contributed by atoms with Gasteiger partial charge in [-0.2, -0.15) is 0 Å². The molecule has 1 nitrogen and oxygen atoms in total. The highest BCUT2D eigenvalue weighted by molar-refractivity contribution is 8.01. The van der Waals surface area contributed by atoms with E-state index in [4.69, 9.17) is 0 Å². The van der Waals surface area contributed by atoms with Gasteiger partial charge in [-0.3, -0.25) is 0 Å². The van der Waals surface area contributed by atoms with Crippen LogP contribution in [0.25, 0.3) is 0 Å². The Hall–Kier alpha value is -0.630. The van der Waals surface area contributed by atoms with Crippen molar-refractivity contribution in [3.8, 4) is 0 Å². The van der Waals surface area contributed by atoms with Gasteiger partial charge in [0.15, 0.2) is 0 Å². The Morgan fingerprint density at radius 3 is 2.92 bits per heavy atom. The summed E-state index contributed by atoms with van der Waals surface area (Å²) in [5, 5.41) is 0.704. The van der Waals surface area contributed by atoms with Crippen LogP contribution in [-0.2, 0) is 0 Å². The lowest BCUT2D eigenvalue weighted by Crippen LogP contribution is -2.08. The van der Waals surface area contributed by atoms with E-state index in [1.54, 1.807) is 0 Å². The fourth-order valence-corrected chi connectivity index (χ4v) is 3.48. The predicted octanol–water partition coefficient (Wildman–Crippen LogP) is 2.72. The molecule has 3 rings (SSSR count). The molecule has 0 aromatic heterocycles. The van der Waals surface area contributed by atoms with E-state index in [9.17, 15) is 0 Å². The van der Waals surface area contributed by atoms with Gasteiger partial charge >= 0.3 is 0 Å². The summed E-state index contributed by atoms with van der Waals surface area (Å²) in [6.07, 6.45) is 0. The van der Waals surface area contributed by atoms with Crippen molar-refractivity contribution in [3.05, 3.63) is 24.3 Å². The summed E-state index contributed by atoms with van der Waals surface area (Å²) in [5.41, 5.74) is 1.83. The van der Waals surface area contributed by atoms with E-state index < -0.39 is 0 Å². The van der Waals surface area contributed by atoms with Crippen molar-refractivity contribution in [2.75, 3.05) is 4.90 Å². The van der Waals surface area contributed by atoms with Crippen molar-refractivity contribution < 1.29 is 0 Å². The summed E-state index contributed by atoms with van der Waals surface area (Å²) in [6, 6.07) is 8.67. The molecule has 62 valence electrons. The second kappa shape index (κ2) is 1.82. The van der Waals surface area contributed by atoms with Crippen molar-refractivity contribution >= 4 is 17.4 Å². The molecule has 0 bridgehead atoms. The minimum Gasteiger partial charge on any atom is -0.348 e. The second-order valence-corrected chi connectivity index (χ2v) is 5.08. The molecule has 0 N–H and O–H groups in total. The largest absolute Gasteiger partial charge is 0.348 e. The first kappa shape index (κ1) is 6.84. The van der Waals surface area contributed by atoms with Gasteiger partial charge in [0.2, 0.25) is 0 Å². The Morgan fingerprint density at radius 1 is 1.33 bits per heavy atom. The number of hydrogen-bond acceptors (Lipinski definition) is 2. The summed E-state index contributed by atoms with van der Waals surface area (Å²) >= 11 is 2.00. The average molecular weight is 177 g/mol. The Morgan fingerprint density at radius 2 is 2.08 bits per heavy atom. The number of benzene rings is 1.